The molecule has 0 saturated carbocycles. The number of ether oxygens (including phenoxy) is 2. The number of rotatable bonds is 9. The minimum atomic E-state index is -1.86. The van der Waals surface area contributed by atoms with Gasteiger partial charge in [0.2, 0.25) is 0 Å². The van der Waals surface area contributed by atoms with Gasteiger partial charge < -0.3 is 19.7 Å². The normalized spacial score (nSPS) is 21.7. The third kappa shape index (κ3) is 5.23. The highest BCUT2D eigenvalue weighted by molar-refractivity contribution is 6.30. The van der Waals surface area contributed by atoms with Crippen LogP contribution in [0.2, 0.25) is 10.0 Å². The summed E-state index contributed by atoms with van der Waals surface area (Å²) < 4.78 is 28.4. The molecule has 1 saturated heterocycles. The minimum absolute atomic E-state index is 0.0118. The van der Waals surface area contributed by atoms with Gasteiger partial charge >= 0.3 is 5.97 Å². The summed E-state index contributed by atoms with van der Waals surface area (Å²) in [6, 6.07) is 14.7. The number of carboxylic acids is 1. The number of nitrogens with zero attached hydrogens (tertiary/aromatic N) is 1. The van der Waals surface area contributed by atoms with Crippen LogP contribution in [0.1, 0.15) is 71.8 Å². The van der Waals surface area contributed by atoms with E-state index in [1.165, 1.54) is 31.1 Å². The lowest BCUT2D eigenvalue weighted by Crippen LogP contribution is -2.51. The number of benzene rings is 3. The standard InChI is InChI=1S/C33H34Cl2FNO6/c1-4-32(41,21-13-15-43-16-14-21)23-17-26-28(27(36)18-23)33(42-3,22-7-11-25(35)12-8-22)37(30(26)38)29(19(2)31(39)40)20-5-9-24(34)10-6-20/h5-12,17-19,21,29,41H,4,13-16H2,1-3H3,(H,39,40). The van der Waals surface area contributed by atoms with Crippen molar-refractivity contribution in [1.29, 1.82) is 0 Å². The fourth-order valence-electron chi connectivity index (χ4n) is 6.72. The molecule has 3 aromatic carbocycles. The molecule has 0 bridgehead atoms. The van der Waals surface area contributed by atoms with Crippen LogP contribution in [0.5, 0.6) is 0 Å². The first-order valence-corrected chi connectivity index (χ1v) is 15.0. The number of fused-ring (bicyclic) bond motifs is 1. The zero-order valence-corrected chi connectivity index (χ0v) is 25.7. The van der Waals surface area contributed by atoms with Crippen LogP contribution in [-0.2, 0) is 25.6 Å². The number of methoxy groups -OCH3 is 1. The highest BCUT2D eigenvalue weighted by Gasteiger charge is 2.58. The first-order valence-electron chi connectivity index (χ1n) is 14.3. The first-order chi connectivity index (χ1) is 20.5. The van der Waals surface area contributed by atoms with E-state index in [0.717, 1.165) is 0 Å². The molecule has 7 nitrogen and oxygen atoms in total. The third-order valence-electron chi connectivity index (χ3n) is 9.04. The maximum atomic E-state index is 16.7. The number of hydrogen-bond acceptors (Lipinski definition) is 5. The topological polar surface area (TPSA) is 96.3 Å². The highest BCUT2D eigenvalue weighted by atomic mass is 35.5. The molecule has 2 aliphatic rings. The highest BCUT2D eigenvalue weighted by Crippen LogP contribution is 2.53. The van der Waals surface area contributed by atoms with Crippen LogP contribution in [-0.4, -0.2) is 47.3 Å². The molecular weight excluding hydrogens is 596 g/mol. The van der Waals surface area contributed by atoms with Gasteiger partial charge in [-0.05, 0) is 79.6 Å². The number of amides is 1. The van der Waals surface area contributed by atoms with E-state index < -0.39 is 41.0 Å². The number of halogens is 3. The van der Waals surface area contributed by atoms with Gasteiger partial charge in [-0.1, -0.05) is 54.4 Å². The van der Waals surface area contributed by atoms with Gasteiger partial charge in [-0.25, -0.2) is 4.39 Å². The average molecular weight is 631 g/mol. The molecule has 2 N–H and O–H groups in total. The zero-order valence-electron chi connectivity index (χ0n) is 24.1. The molecule has 10 heteroatoms. The molecule has 3 aromatic rings. The molecule has 4 atom stereocenters. The summed E-state index contributed by atoms with van der Waals surface area (Å²) in [6.07, 6.45) is 1.47. The number of hydrogen-bond donors (Lipinski definition) is 2. The second kappa shape index (κ2) is 12.2. The van der Waals surface area contributed by atoms with Crippen LogP contribution in [0.25, 0.3) is 0 Å². The van der Waals surface area contributed by atoms with E-state index in [1.807, 2.05) is 6.92 Å². The molecule has 1 amide bonds. The number of carboxylic acid groups (broad SMARTS) is 1. The Morgan fingerprint density at radius 1 is 1.12 bits per heavy atom. The Morgan fingerprint density at radius 2 is 1.70 bits per heavy atom. The summed E-state index contributed by atoms with van der Waals surface area (Å²) in [5, 5.41) is 23.0. The molecule has 2 aliphatic heterocycles. The van der Waals surface area contributed by atoms with Gasteiger partial charge in [0.1, 0.15) is 5.82 Å². The van der Waals surface area contributed by atoms with E-state index in [1.54, 1.807) is 48.5 Å². The Bertz CT molecular complexity index is 1510. The van der Waals surface area contributed by atoms with Gasteiger partial charge in [-0.2, -0.15) is 0 Å². The summed E-state index contributed by atoms with van der Waals surface area (Å²) in [4.78, 5) is 28.5. The van der Waals surface area contributed by atoms with E-state index in [2.05, 4.69) is 0 Å². The van der Waals surface area contributed by atoms with Crippen molar-refractivity contribution in [2.24, 2.45) is 11.8 Å². The predicted octanol–water partition coefficient (Wildman–Crippen LogP) is 6.92. The van der Waals surface area contributed by atoms with E-state index >= 15 is 4.39 Å². The SMILES string of the molecule is CCC(O)(c1cc(F)c2c(c1)C(=O)N(C(c1ccc(Cl)cc1)C(C)C(=O)O)C2(OC)c1ccc(Cl)cc1)C1CCOCC1. The van der Waals surface area contributed by atoms with Crippen molar-refractivity contribution in [3.63, 3.8) is 0 Å². The fourth-order valence-corrected chi connectivity index (χ4v) is 6.97. The van der Waals surface area contributed by atoms with Gasteiger partial charge in [-0.3, -0.25) is 14.5 Å². The average Bonchev–Trinajstić information content (AvgIpc) is 3.27. The zero-order chi connectivity index (χ0) is 31.1. The quantitative estimate of drug-likeness (QED) is 0.267. The monoisotopic (exact) mass is 629 g/mol. The van der Waals surface area contributed by atoms with Crippen LogP contribution in [0.15, 0.2) is 60.7 Å². The lowest BCUT2D eigenvalue weighted by molar-refractivity contribution is -0.149. The van der Waals surface area contributed by atoms with Crippen molar-refractivity contribution in [2.75, 3.05) is 20.3 Å². The van der Waals surface area contributed by atoms with E-state index in [0.29, 0.717) is 53.6 Å². The van der Waals surface area contributed by atoms with Crippen molar-refractivity contribution in [3.05, 3.63) is 104 Å². The van der Waals surface area contributed by atoms with E-state index in [-0.39, 0.29) is 22.6 Å². The Hall–Kier alpha value is -3.01. The molecule has 0 aliphatic carbocycles. The van der Waals surface area contributed by atoms with E-state index in [4.69, 9.17) is 32.7 Å². The molecule has 1 fully saturated rings. The smallest absolute Gasteiger partial charge is 0.308 e. The van der Waals surface area contributed by atoms with Gasteiger partial charge in [0, 0.05) is 35.9 Å². The predicted molar refractivity (Wildman–Crippen MR) is 161 cm³/mol. The van der Waals surface area contributed by atoms with Crippen LogP contribution in [0.4, 0.5) is 4.39 Å². The van der Waals surface area contributed by atoms with Gasteiger partial charge in [0.25, 0.3) is 5.91 Å². The molecule has 0 spiro atoms. The molecule has 5 rings (SSSR count). The Kier molecular flexibility index (Phi) is 8.89. The molecular formula is C33H34Cl2FNO6. The lowest BCUT2D eigenvalue weighted by atomic mass is 9.74. The van der Waals surface area contributed by atoms with Gasteiger partial charge in [-0.15, -0.1) is 0 Å². The summed E-state index contributed by atoms with van der Waals surface area (Å²) in [6.45, 7) is 4.27. The molecule has 0 radical (unpaired) electrons. The van der Waals surface area contributed by atoms with Gasteiger partial charge in [0.05, 0.1) is 28.7 Å². The number of carbonyl (C=O) groups is 2. The van der Waals surface area contributed by atoms with Crippen molar-refractivity contribution in [2.45, 2.75) is 50.5 Å². The van der Waals surface area contributed by atoms with Crippen molar-refractivity contribution < 1.29 is 33.7 Å². The molecule has 4 unspecified atom stereocenters. The molecule has 228 valence electrons. The summed E-state index contributed by atoms with van der Waals surface area (Å²) in [5.74, 6) is -3.89. The third-order valence-corrected chi connectivity index (χ3v) is 9.54. The lowest BCUT2D eigenvalue weighted by Gasteiger charge is -2.44. The fraction of sp³-hybridized carbons (Fsp3) is 0.394. The Morgan fingerprint density at radius 3 is 2.23 bits per heavy atom. The van der Waals surface area contributed by atoms with Crippen LogP contribution in [0.3, 0.4) is 0 Å². The number of carbonyl (C=O) groups excluding carboxylic acids is 1. The van der Waals surface area contributed by atoms with Crippen LogP contribution in [0, 0.1) is 17.7 Å². The van der Waals surface area contributed by atoms with Crippen LogP contribution >= 0.6 is 23.2 Å². The second-order valence-electron chi connectivity index (χ2n) is 11.2. The number of aliphatic carboxylic acids is 1. The summed E-state index contributed by atoms with van der Waals surface area (Å²) in [5.41, 5.74) is -2.21. The van der Waals surface area contributed by atoms with E-state index in [9.17, 15) is 19.8 Å². The van der Waals surface area contributed by atoms with Crippen molar-refractivity contribution in [1.82, 2.24) is 4.90 Å². The molecule has 0 aromatic heterocycles. The number of aliphatic hydroxyl groups is 1. The largest absolute Gasteiger partial charge is 0.481 e. The summed E-state index contributed by atoms with van der Waals surface area (Å²) >= 11 is 12.4. The second-order valence-corrected chi connectivity index (χ2v) is 12.1. The van der Waals surface area contributed by atoms with Gasteiger partial charge in [0.15, 0.2) is 5.72 Å². The Balaban J connectivity index is 1.79. The minimum Gasteiger partial charge on any atom is -0.481 e. The summed E-state index contributed by atoms with van der Waals surface area (Å²) in [7, 11) is 1.35. The van der Waals surface area contributed by atoms with Crippen molar-refractivity contribution in [3.8, 4) is 0 Å². The first kappa shape index (κ1) is 31.4. The molecule has 2 heterocycles. The maximum absolute atomic E-state index is 16.7. The maximum Gasteiger partial charge on any atom is 0.308 e. The van der Waals surface area contributed by atoms with Crippen LogP contribution < -0.4 is 0 Å². The molecule has 43 heavy (non-hydrogen) atoms. The Labute approximate surface area is 260 Å². The van der Waals surface area contributed by atoms with Crippen molar-refractivity contribution >= 4 is 35.1 Å².